The third kappa shape index (κ3) is 6.96. The van der Waals surface area contributed by atoms with Gasteiger partial charge in [0.1, 0.15) is 11.9 Å². The Morgan fingerprint density at radius 2 is 1.86 bits per heavy atom. The molecule has 8 nitrogen and oxygen atoms in total. The van der Waals surface area contributed by atoms with E-state index < -0.39 is 5.25 Å². The molecule has 9 heteroatoms. The van der Waals surface area contributed by atoms with Gasteiger partial charge in [0.15, 0.2) is 16.7 Å². The van der Waals surface area contributed by atoms with Gasteiger partial charge in [-0.3, -0.25) is 9.59 Å². The predicted molar refractivity (Wildman–Crippen MR) is 143 cm³/mol. The maximum atomic E-state index is 12.3. The van der Waals surface area contributed by atoms with Crippen molar-refractivity contribution in [3.05, 3.63) is 89.5 Å². The molecule has 1 atom stereocenters. The van der Waals surface area contributed by atoms with E-state index in [9.17, 15) is 9.59 Å². The van der Waals surface area contributed by atoms with Crippen LogP contribution in [0.4, 0.5) is 5.69 Å². The van der Waals surface area contributed by atoms with Gasteiger partial charge in [0.25, 0.3) is 0 Å². The molecule has 4 rings (SSSR count). The average molecular weight is 503 g/mol. The molecule has 1 saturated heterocycles. The highest BCUT2D eigenvalue weighted by Gasteiger charge is 2.32. The first-order valence-corrected chi connectivity index (χ1v) is 12.2. The Morgan fingerprint density at radius 3 is 2.61 bits per heavy atom. The minimum atomic E-state index is -0.562. The van der Waals surface area contributed by atoms with Gasteiger partial charge in [0.2, 0.25) is 11.8 Å². The summed E-state index contributed by atoms with van der Waals surface area (Å²) in [5.41, 5.74) is 3.71. The first kappa shape index (κ1) is 25.0. The standard InChI is InChI=1S/C27H26N4O4S/c1-18-8-10-19(11-9-18)17-35-22-13-12-20(14-23(22)34-2)16-28-31-27-30-26(33)24(36-27)15-25(32)29-21-6-4-3-5-7-21/h3-14,16,24H,15,17H2,1-2H3,(H,29,32)(H,30,31,33). The highest BCUT2D eigenvalue weighted by Crippen LogP contribution is 2.28. The molecule has 36 heavy (non-hydrogen) atoms. The van der Waals surface area contributed by atoms with E-state index in [-0.39, 0.29) is 18.2 Å². The molecular formula is C27H26N4O4S. The normalized spacial score (nSPS) is 16.2. The lowest BCUT2D eigenvalue weighted by Crippen LogP contribution is -2.28. The molecule has 0 spiro atoms. The fourth-order valence-corrected chi connectivity index (χ4v) is 4.29. The van der Waals surface area contributed by atoms with Crippen LogP contribution in [0.5, 0.6) is 11.5 Å². The van der Waals surface area contributed by atoms with Crippen LogP contribution in [-0.2, 0) is 16.2 Å². The summed E-state index contributed by atoms with van der Waals surface area (Å²) < 4.78 is 11.4. The molecule has 184 valence electrons. The minimum Gasteiger partial charge on any atom is -0.493 e. The Labute approximate surface area is 213 Å². The number of nitrogens with zero attached hydrogens (tertiary/aromatic N) is 2. The number of amides is 2. The van der Waals surface area contributed by atoms with Gasteiger partial charge in [0.05, 0.1) is 13.3 Å². The maximum Gasteiger partial charge on any atom is 0.240 e. The first-order valence-electron chi connectivity index (χ1n) is 11.3. The lowest BCUT2D eigenvalue weighted by molar-refractivity contribution is -0.122. The zero-order chi connectivity index (χ0) is 25.3. The fraction of sp³-hybridized carbons (Fsp3) is 0.185. The number of thioether (sulfide) groups is 1. The number of anilines is 1. The van der Waals surface area contributed by atoms with E-state index >= 15 is 0 Å². The summed E-state index contributed by atoms with van der Waals surface area (Å²) in [4.78, 5) is 24.5. The third-order valence-corrected chi connectivity index (χ3v) is 6.34. The van der Waals surface area contributed by atoms with Gasteiger partial charge in [-0.2, -0.15) is 5.10 Å². The lowest BCUT2D eigenvalue weighted by Gasteiger charge is -2.11. The largest absolute Gasteiger partial charge is 0.493 e. The van der Waals surface area contributed by atoms with Crippen LogP contribution < -0.4 is 20.1 Å². The lowest BCUT2D eigenvalue weighted by atomic mass is 10.2. The van der Waals surface area contributed by atoms with Crippen LogP contribution in [0.25, 0.3) is 0 Å². The summed E-state index contributed by atoms with van der Waals surface area (Å²) in [5.74, 6) is 0.688. The van der Waals surface area contributed by atoms with Gasteiger partial charge in [-0.1, -0.05) is 59.8 Å². The zero-order valence-electron chi connectivity index (χ0n) is 19.9. The zero-order valence-corrected chi connectivity index (χ0v) is 20.7. The van der Waals surface area contributed by atoms with E-state index in [0.29, 0.717) is 29.0 Å². The van der Waals surface area contributed by atoms with Crippen molar-refractivity contribution < 1.29 is 19.1 Å². The topological polar surface area (TPSA) is 101 Å². The molecule has 1 heterocycles. The van der Waals surface area contributed by atoms with E-state index in [1.807, 2.05) is 61.5 Å². The van der Waals surface area contributed by atoms with Gasteiger partial charge in [-0.25, -0.2) is 0 Å². The number of ether oxygens (including phenoxy) is 2. The molecule has 0 radical (unpaired) electrons. The maximum absolute atomic E-state index is 12.3. The number of para-hydroxylation sites is 1. The van der Waals surface area contributed by atoms with Gasteiger partial charge < -0.3 is 20.1 Å². The van der Waals surface area contributed by atoms with E-state index in [1.165, 1.54) is 17.3 Å². The third-order valence-electron chi connectivity index (χ3n) is 5.26. The Bertz CT molecular complexity index is 1280. The van der Waals surface area contributed by atoms with Crippen LogP contribution in [0, 0.1) is 6.92 Å². The monoisotopic (exact) mass is 502 g/mol. The quantitative estimate of drug-likeness (QED) is 0.331. The van der Waals surface area contributed by atoms with E-state index in [0.717, 1.165) is 11.1 Å². The van der Waals surface area contributed by atoms with Crippen LogP contribution in [-0.4, -0.2) is 35.6 Å². The van der Waals surface area contributed by atoms with Crippen molar-refractivity contribution in [3.8, 4) is 11.5 Å². The molecule has 0 saturated carbocycles. The van der Waals surface area contributed by atoms with Crippen molar-refractivity contribution in [2.24, 2.45) is 10.2 Å². The molecule has 3 aromatic rings. The van der Waals surface area contributed by atoms with Crippen molar-refractivity contribution in [1.82, 2.24) is 5.32 Å². The summed E-state index contributed by atoms with van der Waals surface area (Å²) in [6.07, 6.45) is 1.59. The van der Waals surface area contributed by atoms with Crippen molar-refractivity contribution in [1.29, 1.82) is 0 Å². The van der Waals surface area contributed by atoms with Gasteiger partial charge in [0, 0.05) is 12.1 Å². The highest BCUT2D eigenvalue weighted by atomic mass is 32.2. The average Bonchev–Trinajstić information content (AvgIpc) is 3.23. The summed E-state index contributed by atoms with van der Waals surface area (Å²) >= 11 is 1.18. The number of rotatable bonds is 9. The van der Waals surface area contributed by atoms with Crippen LogP contribution in [0.2, 0.25) is 0 Å². The Kier molecular flexibility index (Phi) is 8.36. The second kappa shape index (κ2) is 12.0. The number of carbonyl (C=O) groups is 2. The van der Waals surface area contributed by atoms with Crippen LogP contribution in [0.3, 0.4) is 0 Å². The smallest absolute Gasteiger partial charge is 0.240 e. The van der Waals surface area contributed by atoms with Crippen LogP contribution in [0.15, 0.2) is 83.0 Å². The van der Waals surface area contributed by atoms with E-state index in [2.05, 4.69) is 20.8 Å². The molecule has 1 fully saturated rings. The van der Waals surface area contributed by atoms with Gasteiger partial charge in [-0.15, -0.1) is 5.10 Å². The van der Waals surface area contributed by atoms with Crippen LogP contribution >= 0.6 is 11.8 Å². The van der Waals surface area contributed by atoms with Gasteiger partial charge >= 0.3 is 0 Å². The number of carbonyl (C=O) groups excluding carboxylic acids is 2. The number of amidine groups is 1. The number of nitrogens with one attached hydrogen (secondary N) is 2. The van der Waals surface area contributed by atoms with Crippen molar-refractivity contribution in [3.63, 3.8) is 0 Å². The Morgan fingerprint density at radius 1 is 1.08 bits per heavy atom. The molecule has 2 N–H and O–H groups in total. The summed E-state index contributed by atoms with van der Waals surface area (Å²) in [6, 6.07) is 22.7. The van der Waals surface area contributed by atoms with E-state index in [4.69, 9.17) is 9.47 Å². The van der Waals surface area contributed by atoms with Crippen molar-refractivity contribution >= 4 is 40.6 Å². The fourth-order valence-electron chi connectivity index (χ4n) is 3.37. The summed E-state index contributed by atoms with van der Waals surface area (Å²) in [6.45, 7) is 2.47. The molecule has 0 aromatic heterocycles. The molecule has 1 aliphatic rings. The van der Waals surface area contributed by atoms with Crippen molar-refractivity contribution in [2.75, 3.05) is 12.4 Å². The van der Waals surface area contributed by atoms with Crippen LogP contribution in [0.1, 0.15) is 23.1 Å². The molecule has 2 amide bonds. The molecule has 1 unspecified atom stereocenters. The second-order valence-electron chi connectivity index (χ2n) is 8.05. The summed E-state index contributed by atoms with van der Waals surface area (Å²) in [5, 5.41) is 13.4. The second-order valence-corrected chi connectivity index (χ2v) is 9.24. The number of aryl methyl sites for hydroxylation is 1. The molecule has 3 aromatic carbocycles. The Balaban J connectivity index is 1.32. The number of hydrogen-bond donors (Lipinski definition) is 2. The number of benzene rings is 3. The molecular weight excluding hydrogens is 476 g/mol. The van der Waals surface area contributed by atoms with Gasteiger partial charge in [-0.05, 0) is 48.4 Å². The summed E-state index contributed by atoms with van der Waals surface area (Å²) in [7, 11) is 1.58. The number of hydrogen-bond acceptors (Lipinski definition) is 7. The predicted octanol–water partition coefficient (Wildman–Crippen LogP) is 4.53. The molecule has 1 aliphatic heterocycles. The highest BCUT2D eigenvalue weighted by molar-refractivity contribution is 8.15. The Hall–Kier alpha value is -4.11. The first-order chi connectivity index (χ1) is 17.5. The van der Waals surface area contributed by atoms with E-state index in [1.54, 1.807) is 31.5 Å². The molecule has 0 aliphatic carbocycles. The minimum absolute atomic E-state index is 0.0371. The van der Waals surface area contributed by atoms with Crippen molar-refractivity contribution in [2.45, 2.75) is 25.2 Å². The molecule has 0 bridgehead atoms. The SMILES string of the molecule is COc1cc(C=NN=C2NC(=O)C(CC(=O)Nc3ccccc3)S2)ccc1OCc1ccc(C)cc1. The number of methoxy groups -OCH3 is 1.